The molecule has 0 fully saturated rings. The maximum Gasteiger partial charge on any atom is 0.420 e. The molecule has 0 N–H and O–H groups in total. The molecule has 370 valence electrons. The van der Waals surface area contributed by atoms with Gasteiger partial charge in [0.2, 0.25) is 5.52 Å². The summed E-state index contributed by atoms with van der Waals surface area (Å²) in [5, 5.41) is 0. The number of ether oxygens (including phenoxy) is 6. The standard InChI is InChI=1S/C20H25O4P.C17H17O4P.C17H26O4P/c1-4-5-14-25(22,15-16-10-7-6-8-11-16)20(21)19-17(23-2)12-9-13-18(19)24-3;1-20-13-9-6-10-14(21-2)16(13)17(18)15(22-19)11-12-7-4-3-5-8-12;1-4-5-6-7-8-9-13-22(19)17(18)16-14(20-2)11-10-12-15(16)21-3/h6-13H,4-5,14-15H2,1-3H3;3-10,15H,11H2,1-2H3;10-12H,4-9,13H2,1-3H3/q;;+1. The molecule has 3 unspecified atom stereocenters. The van der Waals surface area contributed by atoms with E-state index in [1.165, 1.54) is 61.9 Å². The van der Waals surface area contributed by atoms with Crippen molar-refractivity contribution in [2.24, 2.45) is 0 Å². The molecule has 0 aromatic heterocycles. The van der Waals surface area contributed by atoms with Crippen LogP contribution in [0, 0.1) is 0 Å². The Morgan fingerprint density at radius 3 is 1.36 bits per heavy atom. The number of Topliss-reactive ketones (excluding diaryl/α,β-unsaturated/α-hetero) is 1. The maximum atomic E-state index is 13.7. The second-order valence-corrected chi connectivity index (χ2v) is 21.3. The molecule has 0 aliphatic carbocycles. The molecule has 0 spiro atoms. The Hall–Kier alpha value is -5.66. The number of hydrogen-bond donors (Lipinski definition) is 0. The number of hydrogen-bond acceptors (Lipinski definition) is 12. The summed E-state index contributed by atoms with van der Waals surface area (Å²) in [6, 6.07) is 34.4. The lowest BCUT2D eigenvalue weighted by atomic mass is 10.0. The van der Waals surface area contributed by atoms with Gasteiger partial charge in [-0.05, 0) is 73.2 Å². The third-order valence-corrected chi connectivity index (χ3v) is 16.1. The Morgan fingerprint density at radius 1 is 0.522 bits per heavy atom. The fraction of sp³-hybridized carbons (Fsp3) is 0.389. The normalized spacial score (nSPS) is 12.1. The minimum absolute atomic E-state index is 0.220. The zero-order chi connectivity index (χ0) is 50.6. The Labute approximate surface area is 411 Å². The first kappa shape index (κ1) is 57.7. The largest absolute Gasteiger partial charge is 0.496 e. The lowest BCUT2D eigenvalue weighted by Gasteiger charge is -2.20. The summed E-state index contributed by atoms with van der Waals surface area (Å²) in [5.41, 5.74) is 1.35. The van der Waals surface area contributed by atoms with Gasteiger partial charge in [0, 0.05) is 12.3 Å². The highest BCUT2D eigenvalue weighted by Crippen LogP contribution is 2.55. The molecule has 0 heterocycles. The first-order chi connectivity index (χ1) is 33.4. The molecule has 5 aromatic carbocycles. The van der Waals surface area contributed by atoms with Crippen LogP contribution in [-0.2, 0) is 26.3 Å². The van der Waals surface area contributed by atoms with Crippen molar-refractivity contribution in [3.63, 3.8) is 0 Å². The van der Waals surface area contributed by atoms with Gasteiger partial charge in [0.05, 0.1) is 42.7 Å². The van der Waals surface area contributed by atoms with Gasteiger partial charge in [0.15, 0.2) is 33.1 Å². The third-order valence-electron chi connectivity index (χ3n) is 11.1. The van der Waals surface area contributed by atoms with E-state index in [1.807, 2.05) is 67.6 Å². The van der Waals surface area contributed by atoms with Crippen molar-refractivity contribution in [1.29, 1.82) is 0 Å². The van der Waals surface area contributed by atoms with Crippen molar-refractivity contribution in [2.45, 2.75) is 83.5 Å². The molecule has 0 radical (unpaired) electrons. The van der Waals surface area contributed by atoms with Crippen LogP contribution in [0.25, 0.3) is 0 Å². The van der Waals surface area contributed by atoms with E-state index in [0.717, 1.165) is 43.2 Å². The fourth-order valence-electron chi connectivity index (χ4n) is 7.41. The summed E-state index contributed by atoms with van der Waals surface area (Å²) in [7, 11) is 3.66. The lowest BCUT2D eigenvalue weighted by Crippen LogP contribution is -2.19. The van der Waals surface area contributed by atoms with Crippen molar-refractivity contribution in [3.05, 3.63) is 143 Å². The van der Waals surface area contributed by atoms with Crippen molar-refractivity contribution < 1.29 is 56.5 Å². The predicted octanol–water partition coefficient (Wildman–Crippen LogP) is 14.0. The summed E-state index contributed by atoms with van der Waals surface area (Å²) in [5.74, 6) is 2.21. The van der Waals surface area contributed by atoms with E-state index < -0.39 is 20.6 Å². The quantitative estimate of drug-likeness (QED) is 0.0279. The minimum Gasteiger partial charge on any atom is -0.496 e. The Morgan fingerprint density at radius 2 is 0.928 bits per heavy atom. The van der Waals surface area contributed by atoms with Crippen molar-refractivity contribution in [1.82, 2.24) is 0 Å². The minimum atomic E-state index is -3.15. The van der Waals surface area contributed by atoms with E-state index in [0.29, 0.717) is 64.4 Å². The number of ketones is 1. The molecule has 5 aromatic rings. The van der Waals surface area contributed by atoms with Gasteiger partial charge in [-0.25, -0.2) is 4.79 Å². The van der Waals surface area contributed by atoms with Gasteiger partial charge >= 0.3 is 13.3 Å². The van der Waals surface area contributed by atoms with Gasteiger partial charge in [0.1, 0.15) is 51.3 Å². The average Bonchev–Trinajstić information content (AvgIpc) is 3.39. The predicted molar refractivity (Wildman–Crippen MR) is 277 cm³/mol. The molecule has 3 atom stereocenters. The number of unbranched alkanes of at least 4 members (excludes halogenated alkanes) is 6. The van der Waals surface area contributed by atoms with Gasteiger partial charge < -0.3 is 33.0 Å². The van der Waals surface area contributed by atoms with Crippen LogP contribution in [0.2, 0.25) is 0 Å². The fourth-order valence-corrected chi connectivity index (χ4v) is 11.9. The lowest BCUT2D eigenvalue weighted by molar-refractivity contribution is 0.0980. The smallest absolute Gasteiger partial charge is 0.420 e. The molecular formula is C54H68O12P3+. The number of carbonyl (C=O) groups is 3. The summed E-state index contributed by atoms with van der Waals surface area (Å²) in [4.78, 5) is 38.5. The third kappa shape index (κ3) is 17.4. The molecule has 0 saturated heterocycles. The van der Waals surface area contributed by atoms with E-state index in [9.17, 15) is 28.1 Å². The highest BCUT2D eigenvalue weighted by Gasteiger charge is 2.37. The number of rotatable bonds is 27. The van der Waals surface area contributed by atoms with Gasteiger partial charge in [-0.3, -0.25) is 14.2 Å². The van der Waals surface area contributed by atoms with E-state index in [4.69, 9.17) is 28.4 Å². The monoisotopic (exact) mass is 1000 g/mol. The van der Waals surface area contributed by atoms with E-state index in [1.54, 1.807) is 54.6 Å². The second-order valence-electron chi connectivity index (χ2n) is 15.9. The highest BCUT2D eigenvalue weighted by molar-refractivity contribution is 7.80. The van der Waals surface area contributed by atoms with E-state index in [2.05, 4.69) is 6.92 Å². The summed E-state index contributed by atoms with van der Waals surface area (Å²) in [6.07, 6.45) is 9.75. The van der Waals surface area contributed by atoms with Gasteiger partial charge in [-0.1, -0.05) is 129 Å². The Kier molecular flexibility index (Phi) is 26.3. The molecule has 5 rings (SSSR count). The summed E-state index contributed by atoms with van der Waals surface area (Å²) in [6.45, 7) is 4.21. The molecule has 0 amide bonds. The van der Waals surface area contributed by atoms with Crippen LogP contribution in [0.1, 0.15) is 107 Å². The molecule has 0 aliphatic heterocycles. The zero-order valence-electron chi connectivity index (χ0n) is 41.3. The van der Waals surface area contributed by atoms with Gasteiger partial charge in [-0.15, -0.1) is 0 Å². The number of benzene rings is 5. The Bertz CT molecular complexity index is 2380. The molecule has 15 heteroatoms. The van der Waals surface area contributed by atoms with Crippen LogP contribution >= 0.6 is 23.4 Å². The maximum absolute atomic E-state index is 13.7. The molecular weight excluding hydrogens is 934 g/mol. The Balaban J connectivity index is 0.000000275. The molecule has 69 heavy (non-hydrogen) atoms. The first-order valence-corrected chi connectivity index (χ1v) is 27.5. The molecule has 0 saturated carbocycles. The first-order valence-electron chi connectivity index (χ1n) is 23.1. The second kappa shape index (κ2) is 31.5. The number of methoxy groups -OCH3 is 6. The molecule has 0 bridgehead atoms. The van der Waals surface area contributed by atoms with Crippen LogP contribution in [-0.4, -0.2) is 77.5 Å². The van der Waals surface area contributed by atoms with Crippen LogP contribution in [0.3, 0.4) is 0 Å². The van der Waals surface area contributed by atoms with Crippen molar-refractivity contribution >= 4 is 40.2 Å². The molecule has 0 aliphatic rings. The SMILES string of the molecule is CCCCCCCC[P+](=O)C(=O)c1c(OC)cccc1OC.CCCCP(=O)(Cc1ccccc1)C(=O)c1c(OC)cccc1OC.COc1cccc(OC)c1C(=O)C(Cc1ccccc1)P=O. The van der Waals surface area contributed by atoms with Gasteiger partial charge in [-0.2, -0.15) is 0 Å². The topological polar surface area (TPSA) is 158 Å². The van der Waals surface area contributed by atoms with Crippen LogP contribution in [0.15, 0.2) is 115 Å². The van der Waals surface area contributed by atoms with Crippen molar-refractivity contribution in [2.75, 3.05) is 55.0 Å². The highest BCUT2D eigenvalue weighted by atomic mass is 31.2. The summed E-state index contributed by atoms with van der Waals surface area (Å²) < 4.78 is 69.1. The zero-order valence-corrected chi connectivity index (χ0v) is 44.0. The summed E-state index contributed by atoms with van der Waals surface area (Å²) >= 11 is 0. The van der Waals surface area contributed by atoms with Crippen molar-refractivity contribution in [3.8, 4) is 34.5 Å². The number of carbonyl (C=O) groups excluding carboxylic acids is 3. The van der Waals surface area contributed by atoms with E-state index in [-0.39, 0.29) is 37.0 Å². The van der Waals surface area contributed by atoms with Crippen LogP contribution < -0.4 is 28.4 Å². The molecule has 12 nitrogen and oxygen atoms in total. The van der Waals surface area contributed by atoms with Gasteiger partial charge in [0.25, 0.3) is 0 Å². The van der Waals surface area contributed by atoms with E-state index >= 15 is 0 Å². The van der Waals surface area contributed by atoms with Crippen LogP contribution in [0.4, 0.5) is 0 Å². The van der Waals surface area contributed by atoms with Crippen LogP contribution in [0.5, 0.6) is 34.5 Å². The average molecular weight is 1000 g/mol.